The molecule has 2 aromatic heterocycles. The maximum Gasteiger partial charge on any atom is 0.329 e. The second-order valence-electron chi connectivity index (χ2n) is 19.8. The summed E-state index contributed by atoms with van der Waals surface area (Å²) in [5, 5.41) is 5.20. The Bertz CT molecular complexity index is 3310. The summed E-state index contributed by atoms with van der Waals surface area (Å²) in [5.41, 5.74) is 20.8. The molecule has 0 unspecified atom stereocenters. The molecule has 0 atom stereocenters. The topological polar surface area (TPSA) is 13.1 Å². The third kappa shape index (κ3) is 4.50. The van der Waals surface area contributed by atoms with Gasteiger partial charge in [0.05, 0.1) is 11.0 Å². The first kappa shape index (κ1) is 34.8. The van der Waals surface area contributed by atoms with Gasteiger partial charge in [0.2, 0.25) is 0 Å². The number of hydrogen-bond donors (Lipinski definition) is 0. The van der Waals surface area contributed by atoms with Crippen molar-refractivity contribution in [1.82, 2.24) is 9.05 Å². The molecule has 0 fully saturated rings. The minimum Gasteiger partial charge on any atom is -0.375 e. The van der Waals surface area contributed by atoms with Gasteiger partial charge in [-0.25, -0.2) is 0 Å². The Morgan fingerprint density at radius 2 is 1.12 bits per heavy atom. The van der Waals surface area contributed by atoms with Crippen molar-refractivity contribution in [3.8, 4) is 16.8 Å². The summed E-state index contributed by atoms with van der Waals surface area (Å²) in [6, 6.07) is 55.5. The Balaban J connectivity index is 1.33. The van der Waals surface area contributed by atoms with Gasteiger partial charge in [-0.05, 0) is 92.5 Å². The molecule has 4 heterocycles. The van der Waals surface area contributed by atoms with Crippen LogP contribution in [0.4, 0.5) is 11.4 Å². The Morgan fingerprint density at radius 1 is 0.508 bits per heavy atom. The van der Waals surface area contributed by atoms with E-state index in [2.05, 4.69) is 215 Å². The monoisotopic (exact) mass is 761 g/mol. The molecule has 0 N–H and O–H groups in total. The zero-order valence-electron chi connectivity index (χ0n) is 35.3. The fourth-order valence-electron chi connectivity index (χ4n) is 11.2. The molecular formula is C55H48BN3. The van der Waals surface area contributed by atoms with E-state index in [0.717, 1.165) is 0 Å². The average Bonchev–Trinajstić information content (AvgIpc) is 3.82. The van der Waals surface area contributed by atoms with Crippen molar-refractivity contribution in [3.05, 3.63) is 173 Å². The maximum atomic E-state index is 2.76. The van der Waals surface area contributed by atoms with Gasteiger partial charge in [-0.15, -0.1) is 0 Å². The molecule has 2 aliphatic heterocycles. The van der Waals surface area contributed by atoms with Gasteiger partial charge in [0, 0.05) is 71.9 Å². The summed E-state index contributed by atoms with van der Waals surface area (Å²) in [6.45, 7) is 19.0. The highest BCUT2D eigenvalue weighted by Crippen LogP contribution is 2.58. The zero-order valence-corrected chi connectivity index (χ0v) is 35.3. The predicted octanol–water partition coefficient (Wildman–Crippen LogP) is 13.6. The lowest BCUT2D eigenvalue weighted by Crippen LogP contribution is -2.52. The standard InChI is InChI=1S/C55H48BN3/c1-53(2,3)33-26-28-36(29-27-33)58-46-31-34(54(4,5)6)30-42-47-49-40(37-20-13-16-24-44(37)57(49)35-18-10-9-11-19-35)32-41-38-21-14-17-25-45(38)59(50(41)47)56(48(42)46)52-51(58)39-22-12-15-23-43(39)55(52,7)8/h9-32H,1-8H3. The van der Waals surface area contributed by atoms with Gasteiger partial charge in [-0.1, -0.05) is 152 Å². The smallest absolute Gasteiger partial charge is 0.329 e. The van der Waals surface area contributed by atoms with Gasteiger partial charge in [-0.2, -0.15) is 0 Å². The van der Waals surface area contributed by atoms with Crippen molar-refractivity contribution < 1.29 is 0 Å². The third-order valence-electron chi connectivity index (χ3n) is 14.0. The van der Waals surface area contributed by atoms with E-state index in [1.54, 1.807) is 0 Å². The second-order valence-corrected chi connectivity index (χ2v) is 19.8. The molecule has 0 bridgehead atoms. The molecular weight excluding hydrogens is 713 g/mol. The number of allylic oxidation sites excluding steroid dienone is 1. The van der Waals surface area contributed by atoms with E-state index in [4.69, 9.17) is 0 Å². The van der Waals surface area contributed by atoms with Crippen molar-refractivity contribution in [1.29, 1.82) is 0 Å². The second kappa shape index (κ2) is 11.5. The summed E-state index contributed by atoms with van der Waals surface area (Å²) < 4.78 is 5.31. The van der Waals surface area contributed by atoms with E-state index in [-0.39, 0.29) is 23.1 Å². The van der Waals surface area contributed by atoms with Crippen molar-refractivity contribution >= 4 is 73.0 Å². The highest BCUT2D eigenvalue weighted by atomic mass is 15.2. The van der Waals surface area contributed by atoms with Crippen LogP contribution in [0.5, 0.6) is 0 Å². The van der Waals surface area contributed by atoms with Gasteiger partial charge < -0.3 is 13.9 Å². The molecule has 7 aromatic carbocycles. The van der Waals surface area contributed by atoms with Crippen LogP contribution in [0.25, 0.3) is 66.1 Å². The first-order chi connectivity index (χ1) is 28.3. The van der Waals surface area contributed by atoms with E-state index in [1.807, 2.05) is 0 Å². The third-order valence-corrected chi connectivity index (χ3v) is 14.0. The molecule has 0 radical (unpaired) electrons. The minimum absolute atomic E-state index is 0.0154. The van der Waals surface area contributed by atoms with Crippen LogP contribution >= 0.6 is 0 Å². The summed E-state index contributed by atoms with van der Waals surface area (Å²) in [7, 11) is 0. The van der Waals surface area contributed by atoms with Crippen molar-refractivity contribution in [2.45, 2.75) is 71.6 Å². The molecule has 3 nitrogen and oxygen atoms in total. The van der Waals surface area contributed by atoms with Crippen molar-refractivity contribution in [2.75, 3.05) is 4.90 Å². The first-order valence-corrected chi connectivity index (χ1v) is 21.3. The number of anilines is 2. The molecule has 3 aliphatic rings. The van der Waals surface area contributed by atoms with Crippen LogP contribution in [-0.4, -0.2) is 15.9 Å². The molecule has 0 saturated carbocycles. The number of para-hydroxylation sites is 3. The molecule has 9 aromatic rings. The highest BCUT2D eigenvalue weighted by Gasteiger charge is 2.53. The van der Waals surface area contributed by atoms with E-state index in [0.29, 0.717) is 0 Å². The van der Waals surface area contributed by atoms with Gasteiger partial charge in [-0.3, -0.25) is 0 Å². The largest absolute Gasteiger partial charge is 0.375 e. The fourth-order valence-corrected chi connectivity index (χ4v) is 11.2. The summed E-state index contributed by atoms with van der Waals surface area (Å²) in [5.74, 6) is 0. The number of hydrogen-bond acceptors (Lipinski definition) is 1. The van der Waals surface area contributed by atoms with Gasteiger partial charge in [0.15, 0.2) is 0 Å². The molecule has 59 heavy (non-hydrogen) atoms. The molecule has 0 saturated heterocycles. The maximum absolute atomic E-state index is 2.76. The van der Waals surface area contributed by atoms with Crippen LogP contribution < -0.4 is 10.4 Å². The number of aromatic nitrogens is 2. The average molecular weight is 762 g/mol. The van der Waals surface area contributed by atoms with Gasteiger partial charge in [0.25, 0.3) is 0 Å². The van der Waals surface area contributed by atoms with Crippen LogP contribution in [0, 0.1) is 0 Å². The Labute approximate surface area is 347 Å². The Hall–Kier alpha value is -6.26. The number of benzene rings is 7. The number of nitrogens with zero attached hydrogens (tertiary/aromatic N) is 3. The van der Waals surface area contributed by atoms with Crippen LogP contribution in [0.15, 0.2) is 151 Å². The van der Waals surface area contributed by atoms with E-state index in [1.165, 1.54) is 111 Å². The molecule has 4 heteroatoms. The lowest BCUT2D eigenvalue weighted by atomic mass is 9.40. The fraction of sp³-hybridized carbons (Fsp3) is 0.200. The SMILES string of the molecule is CC(C)(C)c1ccc(N2C3=C(B4c5c(cc(C(C)(C)C)cc52)-c2c5c(cc6c7ccccc7n(-c7ccccc7)c26)c2ccccc2n54)C(C)(C)c2ccccc23)cc1. The van der Waals surface area contributed by atoms with E-state index >= 15 is 0 Å². The predicted molar refractivity (Wildman–Crippen MR) is 252 cm³/mol. The number of fused-ring (bicyclic) bond motifs is 12. The first-order valence-electron chi connectivity index (χ1n) is 21.3. The summed E-state index contributed by atoms with van der Waals surface area (Å²) >= 11 is 0. The van der Waals surface area contributed by atoms with E-state index < -0.39 is 0 Å². The van der Waals surface area contributed by atoms with Crippen LogP contribution in [0.3, 0.4) is 0 Å². The molecule has 12 rings (SSSR count). The minimum atomic E-state index is -0.240. The molecule has 0 amide bonds. The van der Waals surface area contributed by atoms with E-state index in [9.17, 15) is 0 Å². The van der Waals surface area contributed by atoms with Crippen molar-refractivity contribution in [3.63, 3.8) is 0 Å². The molecule has 0 spiro atoms. The highest BCUT2D eigenvalue weighted by molar-refractivity contribution is 6.86. The zero-order chi connectivity index (χ0) is 40.3. The lowest BCUT2D eigenvalue weighted by molar-refractivity contribution is 0.590. The summed E-state index contributed by atoms with van der Waals surface area (Å²) in [4.78, 5) is 2.65. The normalized spacial score (nSPS) is 15.5. The molecule has 286 valence electrons. The Kier molecular flexibility index (Phi) is 6.76. The lowest BCUT2D eigenvalue weighted by Gasteiger charge is -2.44. The summed E-state index contributed by atoms with van der Waals surface area (Å²) in [6.07, 6.45) is 0. The Morgan fingerprint density at radius 3 is 1.83 bits per heavy atom. The van der Waals surface area contributed by atoms with Crippen LogP contribution in [0.1, 0.15) is 77.6 Å². The van der Waals surface area contributed by atoms with Crippen molar-refractivity contribution in [2.24, 2.45) is 0 Å². The van der Waals surface area contributed by atoms with Crippen LogP contribution in [0.2, 0.25) is 0 Å². The quantitative estimate of drug-likeness (QED) is 0.160. The van der Waals surface area contributed by atoms with Gasteiger partial charge >= 0.3 is 6.85 Å². The van der Waals surface area contributed by atoms with Gasteiger partial charge in [0.1, 0.15) is 0 Å². The molecule has 1 aliphatic carbocycles. The van der Waals surface area contributed by atoms with Crippen LogP contribution in [-0.2, 0) is 16.2 Å². The number of rotatable bonds is 2.